The van der Waals surface area contributed by atoms with Crippen LogP contribution in [0.1, 0.15) is 37.3 Å². The normalized spacial score (nSPS) is 12.9. The van der Waals surface area contributed by atoms with Crippen molar-refractivity contribution in [3.05, 3.63) is 53.6 Å². The Hall–Kier alpha value is -2.15. The molecule has 0 aliphatic carbocycles. The Balaban J connectivity index is 2.31. The molecule has 2 aromatic rings. The molecule has 2 rings (SSSR count). The highest BCUT2D eigenvalue weighted by Crippen LogP contribution is 2.30. The van der Waals surface area contributed by atoms with Crippen molar-refractivity contribution in [3.63, 3.8) is 0 Å². The minimum atomic E-state index is -3.91. The van der Waals surface area contributed by atoms with Gasteiger partial charge in [-0.2, -0.15) is 8.78 Å². The Morgan fingerprint density at radius 3 is 2.32 bits per heavy atom. The van der Waals surface area contributed by atoms with Crippen LogP contribution in [0.25, 0.3) is 0 Å². The lowest BCUT2D eigenvalue weighted by atomic mass is 9.99. The maximum absolute atomic E-state index is 12.5. The first-order valence-corrected chi connectivity index (χ1v) is 9.39. The van der Waals surface area contributed by atoms with Crippen molar-refractivity contribution in [1.82, 2.24) is 0 Å². The van der Waals surface area contributed by atoms with Crippen molar-refractivity contribution in [2.24, 2.45) is 0 Å². The Kier molecular flexibility index (Phi) is 6.00. The van der Waals surface area contributed by atoms with Gasteiger partial charge >= 0.3 is 6.61 Å². The summed E-state index contributed by atoms with van der Waals surface area (Å²) in [7, 11) is -3.91. The molecule has 1 N–H and O–H groups in total. The number of hydrogen-bond acceptors (Lipinski definition) is 3. The second-order valence-electron chi connectivity index (χ2n) is 5.86. The van der Waals surface area contributed by atoms with Gasteiger partial charge in [0.25, 0.3) is 10.0 Å². The summed E-state index contributed by atoms with van der Waals surface area (Å²) in [5.41, 5.74) is 1.73. The molecule has 0 fully saturated rings. The zero-order chi connectivity index (χ0) is 18.6. The number of benzene rings is 2. The number of ether oxygens (including phenoxy) is 1. The molecule has 136 valence electrons. The zero-order valence-corrected chi connectivity index (χ0v) is 15.1. The van der Waals surface area contributed by atoms with Crippen LogP contribution in [0, 0.1) is 6.92 Å². The van der Waals surface area contributed by atoms with Crippen LogP contribution in [0.4, 0.5) is 14.5 Å². The van der Waals surface area contributed by atoms with E-state index in [0.29, 0.717) is 11.5 Å². The van der Waals surface area contributed by atoms with Crippen LogP contribution in [-0.4, -0.2) is 15.0 Å². The van der Waals surface area contributed by atoms with Crippen molar-refractivity contribution in [3.8, 4) is 5.75 Å². The summed E-state index contributed by atoms with van der Waals surface area (Å²) in [5, 5.41) is 0. The number of rotatable bonds is 7. The van der Waals surface area contributed by atoms with E-state index < -0.39 is 16.6 Å². The van der Waals surface area contributed by atoms with Gasteiger partial charge in [-0.05, 0) is 54.7 Å². The molecule has 1 unspecified atom stereocenters. The summed E-state index contributed by atoms with van der Waals surface area (Å²) < 4.78 is 56.8. The average molecular weight is 369 g/mol. The summed E-state index contributed by atoms with van der Waals surface area (Å²) in [4.78, 5) is 0.0593. The van der Waals surface area contributed by atoms with E-state index in [1.54, 1.807) is 25.1 Å². The number of alkyl halides is 2. The molecule has 0 bridgehead atoms. The van der Waals surface area contributed by atoms with Gasteiger partial charge in [0, 0.05) is 0 Å². The second-order valence-corrected chi connectivity index (χ2v) is 7.54. The quantitative estimate of drug-likeness (QED) is 0.754. The van der Waals surface area contributed by atoms with Gasteiger partial charge in [0.05, 0.1) is 10.6 Å². The highest BCUT2D eigenvalue weighted by Gasteiger charge is 2.18. The SMILES string of the molecule is CCC(C)c1ccc(S(=O)(=O)Nc2cc(C)ccc2OC(F)F)cc1. The molecule has 25 heavy (non-hydrogen) atoms. The van der Waals surface area contributed by atoms with E-state index in [0.717, 1.165) is 12.0 Å². The first-order chi connectivity index (χ1) is 11.7. The molecule has 0 saturated heterocycles. The van der Waals surface area contributed by atoms with Gasteiger partial charge in [-0.3, -0.25) is 4.72 Å². The maximum Gasteiger partial charge on any atom is 0.387 e. The lowest BCUT2D eigenvalue weighted by molar-refractivity contribution is -0.0493. The van der Waals surface area contributed by atoms with E-state index in [4.69, 9.17) is 0 Å². The van der Waals surface area contributed by atoms with Gasteiger partial charge in [-0.1, -0.05) is 32.0 Å². The number of hydrogen-bond donors (Lipinski definition) is 1. The van der Waals surface area contributed by atoms with Crippen molar-refractivity contribution < 1.29 is 21.9 Å². The third kappa shape index (κ3) is 4.92. The summed E-state index contributed by atoms with van der Waals surface area (Å²) in [6.45, 7) is 2.80. The van der Waals surface area contributed by atoms with Crippen LogP contribution < -0.4 is 9.46 Å². The minimum Gasteiger partial charge on any atom is -0.433 e. The van der Waals surface area contributed by atoms with Crippen LogP contribution in [0.15, 0.2) is 47.4 Å². The van der Waals surface area contributed by atoms with Gasteiger partial charge in [0.15, 0.2) is 0 Å². The van der Waals surface area contributed by atoms with Gasteiger partial charge in [-0.25, -0.2) is 8.42 Å². The molecule has 0 saturated carbocycles. The Morgan fingerprint density at radius 2 is 1.76 bits per heavy atom. The van der Waals surface area contributed by atoms with Crippen LogP contribution in [-0.2, 0) is 10.0 Å². The van der Waals surface area contributed by atoms with Crippen LogP contribution in [0.3, 0.4) is 0 Å². The van der Waals surface area contributed by atoms with E-state index in [-0.39, 0.29) is 16.3 Å². The third-order valence-corrected chi connectivity index (χ3v) is 5.35. The highest BCUT2D eigenvalue weighted by molar-refractivity contribution is 7.92. The molecule has 1 atom stereocenters. The average Bonchev–Trinajstić information content (AvgIpc) is 2.56. The fourth-order valence-corrected chi connectivity index (χ4v) is 3.40. The number of sulfonamides is 1. The molecule has 0 spiro atoms. The standard InChI is InChI=1S/C18H21F2NO3S/c1-4-13(3)14-6-8-15(9-7-14)25(22,23)21-16-11-12(2)5-10-17(16)24-18(19)20/h5-11,13,18,21H,4H2,1-3H3. The number of anilines is 1. The second kappa shape index (κ2) is 7.82. The minimum absolute atomic E-state index is 0.0219. The maximum atomic E-state index is 12.5. The van der Waals surface area contributed by atoms with E-state index in [1.165, 1.54) is 24.3 Å². The molecular weight excluding hydrogens is 348 g/mol. The lowest BCUT2D eigenvalue weighted by Crippen LogP contribution is -2.15. The number of halogens is 2. The predicted octanol–water partition coefficient (Wildman–Crippen LogP) is 4.91. The van der Waals surface area contributed by atoms with Crippen LogP contribution >= 0.6 is 0 Å². The summed E-state index contributed by atoms with van der Waals surface area (Å²) in [6, 6.07) is 10.9. The highest BCUT2D eigenvalue weighted by atomic mass is 32.2. The van der Waals surface area contributed by atoms with Crippen molar-refractivity contribution in [2.45, 2.75) is 44.6 Å². The Labute approximate surface area is 146 Å². The van der Waals surface area contributed by atoms with Crippen LogP contribution in [0.5, 0.6) is 5.75 Å². The third-order valence-electron chi connectivity index (χ3n) is 3.97. The van der Waals surface area contributed by atoms with Gasteiger partial charge in [0.2, 0.25) is 0 Å². The summed E-state index contributed by atoms with van der Waals surface area (Å²) in [5.74, 6) is 0.105. The number of aryl methyl sites for hydroxylation is 1. The van der Waals surface area contributed by atoms with E-state index in [1.807, 2.05) is 0 Å². The first-order valence-electron chi connectivity index (χ1n) is 7.91. The molecule has 4 nitrogen and oxygen atoms in total. The molecule has 0 amide bonds. The van der Waals surface area contributed by atoms with E-state index >= 15 is 0 Å². The largest absolute Gasteiger partial charge is 0.433 e. The predicted molar refractivity (Wildman–Crippen MR) is 93.8 cm³/mol. The topological polar surface area (TPSA) is 55.4 Å². The molecule has 0 heterocycles. The Bertz CT molecular complexity index is 821. The molecule has 2 aromatic carbocycles. The first kappa shape index (κ1) is 19.2. The van der Waals surface area contributed by atoms with Gasteiger partial charge in [0.1, 0.15) is 5.75 Å². The van der Waals surface area contributed by atoms with Gasteiger partial charge in [-0.15, -0.1) is 0 Å². The molecule has 7 heteroatoms. The van der Waals surface area contributed by atoms with Gasteiger partial charge < -0.3 is 4.74 Å². The fourth-order valence-electron chi connectivity index (χ4n) is 2.34. The molecular formula is C18H21F2NO3S. The lowest BCUT2D eigenvalue weighted by Gasteiger charge is -2.15. The summed E-state index contributed by atoms with van der Waals surface area (Å²) in [6.07, 6.45) is 0.946. The van der Waals surface area contributed by atoms with E-state index in [2.05, 4.69) is 23.3 Å². The summed E-state index contributed by atoms with van der Waals surface area (Å²) >= 11 is 0. The molecule has 0 aromatic heterocycles. The smallest absolute Gasteiger partial charge is 0.387 e. The zero-order valence-electron chi connectivity index (χ0n) is 14.3. The van der Waals surface area contributed by atoms with Crippen molar-refractivity contribution in [1.29, 1.82) is 0 Å². The monoisotopic (exact) mass is 369 g/mol. The number of nitrogens with one attached hydrogen (secondary N) is 1. The Morgan fingerprint density at radius 1 is 1.12 bits per heavy atom. The molecule has 0 radical (unpaired) electrons. The van der Waals surface area contributed by atoms with E-state index in [9.17, 15) is 17.2 Å². The fraction of sp³-hybridized carbons (Fsp3) is 0.333. The molecule has 0 aliphatic heterocycles. The molecule has 0 aliphatic rings. The van der Waals surface area contributed by atoms with Crippen molar-refractivity contribution >= 4 is 15.7 Å². The van der Waals surface area contributed by atoms with Crippen LogP contribution in [0.2, 0.25) is 0 Å². The van der Waals surface area contributed by atoms with Crippen molar-refractivity contribution in [2.75, 3.05) is 4.72 Å².